The number of nitrogens with zero attached hydrogens (tertiary/aromatic N) is 1. The van der Waals surface area contributed by atoms with Gasteiger partial charge >= 0.3 is 0 Å². The van der Waals surface area contributed by atoms with Crippen LogP contribution in [0.15, 0.2) is 176 Å². The molecule has 0 N–H and O–H groups in total. The number of hydrogen-bond donors (Lipinski definition) is 0. The van der Waals surface area contributed by atoms with E-state index in [-0.39, 0.29) is 0 Å². The minimum Gasteiger partial charge on any atom is -0.310 e. The number of hydrogen-bond acceptors (Lipinski definition) is 1. The number of para-hydroxylation sites is 1. The first kappa shape index (κ1) is 25.6. The van der Waals surface area contributed by atoms with Gasteiger partial charge in [-0.05, 0) is 89.8 Å². The minimum absolute atomic E-state index is 1.13. The van der Waals surface area contributed by atoms with E-state index in [1.807, 2.05) is 0 Å². The molecule has 0 aliphatic rings. The van der Waals surface area contributed by atoms with Crippen LogP contribution in [0.25, 0.3) is 65.0 Å². The first-order valence-corrected chi connectivity index (χ1v) is 15.5. The largest absolute Gasteiger partial charge is 0.310 e. The van der Waals surface area contributed by atoms with Crippen molar-refractivity contribution in [1.29, 1.82) is 0 Å². The summed E-state index contributed by atoms with van der Waals surface area (Å²) >= 11 is 0. The highest BCUT2D eigenvalue weighted by atomic mass is 15.1. The van der Waals surface area contributed by atoms with Gasteiger partial charge in [0.05, 0.1) is 5.69 Å². The molecular formula is C44H29N. The first-order valence-electron chi connectivity index (χ1n) is 15.5. The predicted octanol–water partition coefficient (Wildman–Crippen LogP) is 12.6. The van der Waals surface area contributed by atoms with Crippen LogP contribution in [-0.4, -0.2) is 0 Å². The van der Waals surface area contributed by atoms with Crippen molar-refractivity contribution >= 4 is 70.9 Å². The standard InChI is InChI=1S/C44H29N/c1-2-11-31(12-3-1)39-15-8-9-17-42(39)45(37-26-24-30-10-4-5-14-36(30)28-37)38-27-25-33-19-21-35-23-22-34-20-18-32-13-6-7-16-40(32)43(34)44(35)41(33)29-38/h1-29H. The zero-order valence-electron chi connectivity index (χ0n) is 24.7. The molecule has 1 nitrogen and oxygen atoms in total. The summed E-state index contributed by atoms with van der Waals surface area (Å²) < 4.78 is 0. The van der Waals surface area contributed by atoms with Crippen molar-refractivity contribution in [3.05, 3.63) is 176 Å². The molecule has 0 aliphatic heterocycles. The van der Waals surface area contributed by atoms with E-state index in [0.29, 0.717) is 0 Å². The summed E-state index contributed by atoms with van der Waals surface area (Å²) in [5, 5.41) is 12.6. The quantitative estimate of drug-likeness (QED) is 0.190. The summed E-state index contributed by atoms with van der Waals surface area (Å²) in [6, 6.07) is 64.1. The molecule has 0 radical (unpaired) electrons. The van der Waals surface area contributed by atoms with Crippen molar-refractivity contribution in [2.75, 3.05) is 4.90 Å². The average molecular weight is 572 g/mol. The molecule has 1 heteroatoms. The van der Waals surface area contributed by atoms with Gasteiger partial charge in [0.2, 0.25) is 0 Å². The average Bonchev–Trinajstić information content (AvgIpc) is 3.11. The van der Waals surface area contributed by atoms with E-state index in [2.05, 4.69) is 181 Å². The molecule has 0 aliphatic carbocycles. The van der Waals surface area contributed by atoms with Gasteiger partial charge in [0.1, 0.15) is 0 Å². The molecule has 0 amide bonds. The fourth-order valence-corrected chi connectivity index (χ4v) is 7.04. The maximum absolute atomic E-state index is 2.43. The molecule has 0 saturated heterocycles. The topological polar surface area (TPSA) is 3.24 Å². The monoisotopic (exact) mass is 571 g/mol. The van der Waals surface area contributed by atoms with Crippen LogP contribution in [0.5, 0.6) is 0 Å². The smallest absolute Gasteiger partial charge is 0.0540 e. The predicted molar refractivity (Wildman–Crippen MR) is 194 cm³/mol. The van der Waals surface area contributed by atoms with Crippen molar-refractivity contribution in [2.45, 2.75) is 0 Å². The van der Waals surface area contributed by atoms with Crippen molar-refractivity contribution in [1.82, 2.24) is 0 Å². The second kappa shape index (κ2) is 10.4. The molecule has 0 aromatic heterocycles. The second-order valence-corrected chi connectivity index (χ2v) is 11.8. The van der Waals surface area contributed by atoms with Gasteiger partial charge in [-0.3, -0.25) is 0 Å². The van der Waals surface area contributed by atoms with E-state index in [0.717, 1.165) is 17.1 Å². The summed E-state index contributed by atoms with van der Waals surface area (Å²) in [6.45, 7) is 0. The first-order chi connectivity index (χ1) is 22.3. The van der Waals surface area contributed by atoms with E-state index >= 15 is 0 Å². The van der Waals surface area contributed by atoms with E-state index in [4.69, 9.17) is 0 Å². The number of fused-ring (bicyclic) bond motifs is 8. The van der Waals surface area contributed by atoms with Crippen LogP contribution in [0.1, 0.15) is 0 Å². The lowest BCUT2D eigenvalue weighted by Gasteiger charge is -2.28. The molecule has 9 aromatic rings. The summed E-state index contributed by atoms with van der Waals surface area (Å²) in [5.74, 6) is 0. The highest BCUT2D eigenvalue weighted by Gasteiger charge is 2.19. The third-order valence-electron chi connectivity index (χ3n) is 9.17. The molecule has 45 heavy (non-hydrogen) atoms. The van der Waals surface area contributed by atoms with Crippen LogP contribution in [0, 0.1) is 0 Å². The van der Waals surface area contributed by atoms with E-state index in [1.165, 1.54) is 65.0 Å². The van der Waals surface area contributed by atoms with E-state index < -0.39 is 0 Å². The van der Waals surface area contributed by atoms with Gasteiger partial charge in [-0.15, -0.1) is 0 Å². The van der Waals surface area contributed by atoms with Crippen LogP contribution in [0.2, 0.25) is 0 Å². The number of anilines is 3. The van der Waals surface area contributed by atoms with Crippen molar-refractivity contribution < 1.29 is 0 Å². The Hall–Kier alpha value is -5.92. The van der Waals surface area contributed by atoms with Crippen molar-refractivity contribution in [3.63, 3.8) is 0 Å². The molecular weight excluding hydrogens is 542 g/mol. The molecule has 0 spiro atoms. The zero-order chi connectivity index (χ0) is 29.7. The SMILES string of the molecule is c1ccc(-c2ccccc2N(c2ccc3ccccc3c2)c2ccc3ccc4ccc5ccc6ccccc6c5c4c3c2)cc1. The molecule has 0 atom stereocenters. The Morgan fingerprint density at radius 3 is 1.60 bits per heavy atom. The Morgan fingerprint density at radius 1 is 0.311 bits per heavy atom. The molecule has 0 heterocycles. The van der Waals surface area contributed by atoms with Crippen LogP contribution >= 0.6 is 0 Å². The van der Waals surface area contributed by atoms with Crippen LogP contribution in [0.4, 0.5) is 17.1 Å². The van der Waals surface area contributed by atoms with Crippen molar-refractivity contribution in [2.24, 2.45) is 0 Å². The normalized spacial score (nSPS) is 11.6. The van der Waals surface area contributed by atoms with Gasteiger partial charge < -0.3 is 4.90 Å². The Kier molecular flexibility index (Phi) is 5.89. The third kappa shape index (κ3) is 4.24. The van der Waals surface area contributed by atoms with Crippen LogP contribution in [0.3, 0.4) is 0 Å². The van der Waals surface area contributed by atoms with E-state index in [9.17, 15) is 0 Å². The Labute approximate surface area is 262 Å². The highest BCUT2D eigenvalue weighted by molar-refractivity contribution is 6.27. The fourth-order valence-electron chi connectivity index (χ4n) is 7.04. The minimum atomic E-state index is 1.13. The molecule has 210 valence electrons. The lowest BCUT2D eigenvalue weighted by molar-refractivity contribution is 1.29. The number of benzene rings is 9. The molecule has 9 rings (SSSR count). The Balaban J connectivity index is 1.37. The van der Waals surface area contributed by atoms with Crippen LogP contribution in [-0.2, 0) is 0 Å². The maximum Gasteiger partial charge on any atom is 0.0540 e. The Bertz CT molecular complexity index is 2530. The van der Waals surface area contributed by atoms with Gasteiger partial charge in [0.25, 0.3) is 0 Å². The van der Waals surface area contributed by atoms with Gasteiger partial charge in [-0.1, -0.05) is 146 Å². The molecule has 0 fully saturated rings. The highest BCUT2D eigenvalue weighted by Crippen LogP contribution is 2.44. The zero-order valence-corrected chi connectivity index (χ0v) is 24.7. The maximum atomic E-state index is 2.43. The Morgan fingerprint density at radius 2 is 0.822 bits per heavy atom. The molecule has 0 bridgehead atoms. The second-order valence-electron chi connectivity index (χ2n) is 11.8. The van der Waals surface area contributed by atoms with E-state index in [1.54, 1.807) is 0 Å². The summed E-state index contributed by atoms with van der Waals surface area (Å²) in [4.78, 5) is 2.43. The third-order valence-corrected chi connectivity index (χ3v) is 9.17. The number of rotatable bonds is 4. The van der Waals surface area contributed by atoms with Gasteiger partial charge in [0.15, 0.2) is 0 Å². The van der Waals surface area contributed by atoms with Gasteiger partial charge in [-0.2, -0.15) is 0 Å². The molecule has 0 unspecified atom stereocenters. The molecule has 0 saturated carbocycles. The van der Waals surface area contributed by atoms with Gasteiger partial charge in [0, 0.05) is 16.9 Å². The fraction of sp³-hybridized carbons (Fsp3) is 0. The van der Waals surface area contributed by atoms with Gasteiger partial charge in [-0.25, -0.2) is 0 Å². The summed E-state index contributed by atoms with van der Waals surface area (Å²) in [6.07, 6.45) is 0. The lowest BCUT2D eigenvalue weighted by Crippen LogP contribution is -2.11. The summed E-state index contributed by atoms with van der Waals surface area (Å²) in [5.41, 5.74) is 5.80. The van der Waals surface area contributed by atoms with Crippen LogP contribution < -0.4 is 4.90 Å². The van der Waals surface area contributed by atoms with Crippen molar-refractivity contribution in [3.8, 4) is 11.1 Å². The lowest BCUT2D eigenvalue weighted by atomic mass is 9.92. The molecule has 9 aromatic carbocycles. The summed E-state index contributed by atoms with van der Waals surface area (Å²) in [7, 11) is 0.